The number of alkyl halides is 2. The fourth-order valence-corrected chi connectivity index (χ4v) is 0.621. The van der Waals surface area contributed by atoms with E-state index in [1.165, 1.54) is 12.7 Å². The lowest BCUT2D eigenvalue weighted by molar-refractivity contribution is -0.0629. The molecule has 0 spiro atoms. The second-order valence-electron chi connectivity index (χ2n) is 2.15. The number of aromatic nitrogens is 3. The predicted molar refractivity (Wildman–Crippen MR) is 32.1 cm³/mol. The van der Waals surface area contributed by atoms with E-state index in [2.05, 4.69) is 10.2 Å². The second-order valence-corrected chi connectivity index (χ2v) is 2.15. The summed E-state index contributed by atoms with van der Waals surface area (Å²) in [5.74, 6) is -3.09. The Kier molecular flexibility index (Phi) is 2.13. The fourth-order valence-electron chi connectivity index (χ4n) is 0.621. The molecule has 1 aromatic heterocycles. The zero-order valence-corrected chi connectivity index (χ0v) is 5.61. The molecule has 62 valence electrons. The summed E-state index contributed by atoms with van der Waals surface area (Å²) in [7, 11) is 0. The van der Waals surface area contributed by atoms with E-state index in [4.69, 9.17) is 5.11 Å². The van der Waals surface area contributed by atoms with Crippen LogP contribution in [0.3, 0.4) is 0 Å². The number of halogens is 2. The minimum absolute atomic E-state index is 0.587. The van der Waals surface area contributed by atoms with Crippen LogP contribution in [-0.2, 0) is 6.54 Å². The van der Waals surface area contributed by atoms with Crippen molar-refractivity contribution >= 4 is 0 Å². The Labute approximate surface area is 61.5 Å². The van der Waals surface area contributed by atoms with Crippen molar-refractivity contribution in [3.05, 3.63) is 12.7 Å². The van der Waals surface area contributed by atoms with Gasteiger partial charge in [0.2, 0.25) is 0 Å². The number of hydrogen-bond acceptors (Lipinski definition) is 3. The third-order valence-corrected chi connectivity index (χ3v) is 1.11. The van der Waals surface area contributed by atoms with Crippen molar-refractivity contribution in [1.82, 2.24) is 14.8 Å². The molecule has 0 bridgehead atoms. The normalized spacial score (nSPS) is 11.9. The van der Waals surface area contributed by atoms with Crippen LogP contribution in [-0.4, -0.2) is 32.4 Å². The van der Waals surface area contributed by atoms with E-state index in [9.17, 15) is 8.78 Å². The van der Waals surface area contributed by atoms with Crippen LogP contribution in [0.1, 0.15) is 0 Å². The van der Waals surface area contributed by atoms with E-state index in [-0.39, 0.29) is 0 Å². The lowest BCUT2D eigenvalue weighted by atomic mass is 10.3. The molecule has 4 nitrogen and oxygen atoms in total. The maximum absolute atomic E-state index is 12.4. The summed E-state index contributed by atoms with van der Waals surface area (Å²) in [6.45, 7) is -1.75. The number of nitrogens with zero attached hydrogens (tertiary/aromatic N) is 3. The van der Waals surface area contributed by atoms with Gasteiger partial charge in [-0.2, -0.15) is 0 Å². The Balaban J connectivity index is 2.56. The summed E-state index contributed by atoms with van der Waals surface area (Å²) in [5, 5.41) is 14.9. The number of aliphatic hydroxyl groups is 1. The smallest absolute Gasteiger partial charge is 0.288 e. The molecule has 0 aliphatic rings. The van der Waals surface area contributed by atoms with Crippen LogP contribution in [0.15, 0.2) is 12.7 Å². The van der Waals surface area contributed by atoms with Gasteiger partial charge < -0.3 is 9.67 Å². The molecule has 1 N–H and O–H groups in total. The van der Waals surface area contributed by atoms with Gasteiger partial charge in [-0.3, -0.25) is 0 Å². The standard InChI is InChI=1S/C5H7F2N3O/c6-5(7,2-11)1-10-3-8-9-4-10/h3-4,11H,1-2H2. The van der Waals surface area contributed by atoms with Crippen molar-refractivity contribution in [1.29, 1.82) is 0 Å². The number of hydrogen-bond donors (Lipinski definition) is 1. The van der Waals surface area contributed by atoms with Gasteiger partial charge in [0, 0.05) is 0 Å². The van der Waals surface area contributed by atoms with Crippen LogP contribution in [0.4, 0.5) is 8.78 Å². The summed E-state index contributed by atoms with van der Waals surface area (Å²) in [4.78, 5) is 0. The van der Waals surface area contributed by atoms with Gasteiger partial charge in [0.15, 0.2) is 0 Å². The molecule has 0 aromatic carbocycles. The zero-order chi connectivity index (χ0) is 8.32. The van der Waals surface area contributed by atoms with Gasteiger partial charge in [0.25, 0.3) is 5.92 Å². The van der Waals surface area contributed by atoms with Gasteiger partial charge in [-0.1, -0.05) is 0 Å². The highest BCUT2D eigenvalue weighted by Crippen LogP contribution is 2.13. The van der Waals surface area contributed by atoms with Crippen molar-refractivity contribution in [2.24, 2.45) is 0 Å². The van der Waals surface area contributed by atoms with Gasteiger partial charge in [0.1, 0.15) is 19.3 Å². The summed E-state index contributed by atoms with van der Waals surface area (Å²) < 4.78 is 25.9. The molecule has 0 unspecified atom stereocenters. The second kappa shape index (κ2) is 2.91. The number of rotatable bonds is 3. The Morgan fingerprint density at radius 3 is 2.36 bits per heavy atom. The molecule has 1 rings (SSSR count). The van der Waals surface area contributed by atoms with E-state index in [0.717, 1.165) is 4.57 Å². The zero-order valence-electron chi connectivity index (χ0n) is 5.61. The lowest BCUT2D eigenvalue weighted by Gasteiger charge is -2.12. The minimum atomic E-state index is -3.09. The van der Waals surface area contributed by atoms with Gasteiger partial charge in [-0.25, -0.2) is 8.78 Å². The highest BCUT2D eigenvalue weighted by atomic mass is 19.3. The molecule has 0 fully saturated rings. The van der Waals surface area contributed by atoms with Crippen molar-refractivity contribution in [3.8, 4) is 0 Å². The van der Waals surface area contributed by atoms with Crippen molar-refractivity contribution in [2.45, 2.75) is 12.5 Å². The molecule has 11 heavy (non-hydrogen) atoms. The van der Waals surface area contributed by atoms with Gasteiger partial charge in [-0.05, 0) is 0 Å². The first kappa shape index (κ1) is 8.06. The van der Waals surface area contributed by atoms with Crippen LogP contribution in [0.2, 0.25) is 0 Å². The van der Waals surface area contributed by atoms with Crippen LogP contribution in [0, 0.1) is 0 Å². The maximum atomic E-state index is 12.4. The van der Waals surface area contributed by atoms with Crippen molar-refractivity contribution in [3.63, 3.8) is 0 Å². The molecule has 1 aromatic rings. The van der Waals surface area contributed by atoms with Gasteiger partial charge >= 0.3 is 0 Å². The molecule has 1 heterocycles. The molecular formula is C5H7F2N3O. The average molecular weight is 163 g/mol. The Morgan fingerprint density at radius 1 is 1.36 bits per heavy atom. The Bertz CT molecular complexity index is 212. The largest absolute Gasteiger partial charge is 0.390 e. The molecule has 0 saturated carbocycles. The highest BCUT2D eigenvalue weighted by molar-refractivity contribution is 4.69. The lowest BCUT2D eigenvalue weighted by Crippen LogP contribution is -2.27. The molecule has 0 aliphatic heterocycles. The van der Waals surface area contributed by atoms with Crippen LogP contribution in [0.25, 0.3) is 0 Å². The first-order chi connectivity index (χ1) is 5.14. The molecule has 0 atom stereocenters. The van der Waals surface area contributed by atoms with Gasteiger partial charge in [-0.15, -0.1) is 10.2 Å². The first-order valence-electron chi connectivity index (χ1n) is 2.95. The molecular weight excluding hydrogens is 156 g/mol. The maximum Gasteiger partial charge on any atom is 0.288 e. The van der Waals surface area contributed by atoms with E-state index < -0.39 is 19.1 Å². The molecule has 0 aliphatic carbocycles. The van der Waals surface area contributed by atoms with E-state index in [0.29, 0.717) is 0 Å². The monoisotopic (exact) mass is 163 g/mol. The third kappa shape index (κ3) is 2.23. The van der Waals surface area contributed by atoms with Crippen molar-refractivity contribution in [2.75, 3.05) is 6.61 Å². The van der Waals surface area contributed by atoms with E-state index >= 15 is 0 Å². The molecule has 6 heteroatoms. The molecule has 0 amide bonds. The summed E-state index contributed by atoms with van der Waals surface area (Å²) in [5.41, 5.74) is 0. The van der Waals surface area contributed by atoms with Crippen LogP contribution in [0.5, 0.6) is 0 Å². The first-order valence-corrected chi connectivity index (χ1v) is 2.95. The van der Waals surface area contributed by atoms with Crippen LogP contribution >= 0.6 is 0 Å². The third-order valence-electron chi connectivity index (χ3n) is 1.11. The molecule has 0 saturated heterocycles. The predicted octanol–water partition coefficient (Wildman–Crippen LogP) is -0.0943. The summed E-state index contributed by atoms with van der Waals surface area (Å²) in [6.07, 6.45) is 2.34. The topological polar surface area (TPSA) is 50.9 Å². The van der Waals surface area contributed by atoms with Gasteiger partial charge in [0.05, 0.1) is 6.54 Å². The van der Waals surface area contributed by atoms with E-state index in [1.807, 2.05) is 0 Å². The minimum Gasteiger partial charge on any atom is -0.390 e. The molecule has 0 radical (unpaired) electrons. The Morgan fingerprint density at radius 2 is 1.91 bits per heavy atom. The summed E-state index contributed by atoms with van der Waals surface area (Å²) in [6, 6.07) is 0. The fraction of sp³-hybridized carbons (Fsp3) is 0.600. The SMILES string of the molecule is OCC(F)(F)Cn1cnnc1. The van der Waals surface area contributed by atoms with Crippen LogP contribution < -0.4 is 0 Å². The quantitative estimate of drug-likeness (QED) is 0.677. The Hall–Kier alpha value is -1.04. The highest BCUT2D eigenvalue weighted by Gasteiger charge is 2.27. The summed E-state index contributed by atoms with van der Waals surface area (Å²) >= 11 is 0. The van der Waals surface area contributed by atoms with Crippen molar-refractivity contribution < 1.29 is 13.9 Å². The average Bonchev–Trinajstić information content (AvgIpc) is 2.39. The number of aliphatic hydroxyl groups excluding tert-OH is 1. The van der Waals surface area contributed by atoms with E-state index in [1.54, 1.807) is 0 Å².